The first kappa shape index (κ1) is 13.4. The minimum atomic E-state index is -0.545. The number of ether oxygens (including phenoxy) is 1. The van der Waals surface area contributed by atoms with Crippen LogP contribution in [0.1, 0.15) is 20.3 Å². The molecule has 0 aliphatic heterocycles. The number of rotatable bonds is 7. The summed E-state index contributed by atoms with van der Waals surface area (Å²) >= 11 is 0. The highest BCUT2D eigenvalue weighted by Gasteiger charge is 2.03. The van der Waals surface area contributed by atoms with Gasteiger partial charge < -0.3 is 14.7 Å². The first-order valence-electron chi connectivity index (χ1n) is 5.07. The van der Waals surface area contributed by atoms with Gasteiger partial charge in [0.2, 0.25) is 0 Å². The smallest absolute Gasteiger partial charge is 0.127 e. The Labute approximate surface area is 87.1 Å². The SMILES string of the molecule is CC#CC(O)CN(C)CCOCCC. The molecule has 3 heteroatoms. The van der Waals surface area contributed by atoms with Crippen molar-refractivity contribution in [1.29, 1.82) is 0 Å². The summed E-state index contributed by atoms with van der Waals surface area (Å²) in [6.45, 7) is 6.76. The zero-order valence-corrected chi connectivity index (χ0v) is 9.42. The highest BCUT2D eigenvalue weighted by molar-refractivity contribution is 5.02. The van der Waals surface area contributed by atoms with E-state index in [-0.39, 0.29) is 0 Å². The fourth-order valence-electron chi connectivity index (χ4n) is 1.07. The van der Waals surface area contributed by atoms with Gasteiger partial charge in [-0.15, -0.1) is 5.92 Å². The number of likely N-dealkylation sites (N-methyl/N-ethyl adjacent to an activating group) is 1. The molecule has 0 bridgehead atoms. The summed E-state index contributed by atoms with van der Waals surface area (Å²) in [5, 5.41) is 9.37. The Balaban J connectivity index is 3.43. The van der Waals surface area contributed by atoms with E-state index >= 15 is 0 Å². The summed E-state index contributed by atoms with van der Waals surface area (Å²) in [5.41, 5.74) is 0. The summed E-state index contributed by atoms with van der Waals surface area (Å²) in [5.74, 6) is 5.39. The maximum absolute atomic E-state index is 9.37. The highest BCUT2D eigenvalue weighted by atomic mass is 16.5. The molecule has 0 saturated carbocycles. The highest BCUT2D eigenvalue weighted by Crippen LogP contribution is 1.89. The minimum Gasteiger partial charge on any atom is -0.380 e. The maximum atomic E-state index is 9.37. The zero-order valence-electron chi connectivity index (χ0n) is 9.42. The first-order valence-corrected chi connectivity index (χ1v) is 5.07. The Morgan fingerprint density at radius 2 is 2.14 bits per heavy atom. The van der Waals surface area contributed by atoms with Crippen molar-refractivity contribution in [2.45, 2.75) is 26.4 Å². The van der Waals surface area contributed by atoms with E-state index in [2.05, 4.69) is 18.8 Å². The lowest BCUT2D eigenvalue weighted by atomic mass is 10.3. The van der Waals surface area contributed by atoms with Gasteiger partial charge in [0.1, 0.15) is 6.10 Å². The van der Waals surface area contributed by atoms with Crippen LogP contribution in [0, 0.1) is 11.8 Å². The Morgan fingerprint density at radius 3 is 2.71 bits per heavy atom. The Bertz CT molecular complexity index is 183. The average molecular weight is 199 g/mol. The molecular formula is C11H21NO2. The van der Waals surface area contributed by atoms with E-state index in [1.165, 1.54) is 0 Å². The molecule has 0 aliphatic carbocycles. The number of nitrogens with zero attached hydrogens (tertiary/aromatic N) is 1. The van der Waals surface area contributed by atoms with Gasteiger partial charge in [-0.05, 0) is 20.4 Å². The molecule has 0 saturated heterocycles. The molecule has 0 rings (SSSR count). The third-order valence-electron chi connectivity index (χ3n) is 1.76. The number of aliphatic hydroxyl groups excluding tert-OH is 1. The predicted octanol–water partition coefficient (Wildman–Crippen LogP) is 0.729. The predicted molar refractivity (Wildman–Crippen MR) is 58.1 cm³/mol. The molecule has 0 aromatic carbocycles. The molecular weight excluding hydrogens is 178 g/mol. The summed E-state index contributed by atoms with van der Waals surface area (Å²) in [6.07, 6.45) is 0.504. The van der Waals surface area contributed by atoms with Gasteiger partial charge in [0.25, 0.3) is 0 Å². The fourth-order valence-corrected chi connectivity index (χ4v) is 1.07. The maximum Gasteiger partial charge on any atom is 0.127 e. The molecule has 0 radical (unpaired) electrons. The number of hydrogen-bond acceptors (Lipinski definition) is 3. The van der Waals surface area contributed by atoms with Gasteiger partial charge in [-0.25, -0.2) is 0 Å². The van der Waals surface area contributed by atoms with Crippen LogP contribution in [0.15, 0.2) is 0 Å². The van der Waals surface area contributed by atoms with Crippen molar-refractivity contribution in [2.24, 2.45) is 0 Å². The van der Waals surface area contributed by atoms with Crippen LogP contribution < -0.4 is 0 Å². The number of aliphatic hydroxyl groups is 1. The second kappa shape index (κ2) is 9.01. The van der Waals surface area contributed by atoms with E-state index < -0.39 is 6.10 Å². The van der Waals surface area contributed by atoms with Gasteiger partial charge in [-0.2, -0.15) is 0 Å². The monoisotopic (exact) mass is 199 g/mol. The van der Waals surface area contributed by atoms with Crippen LogP contribution in [-0.2, 0) is 4.74 Å². The van der Waals surface area contributed by atoms with Crippen LogP contribution in [0.3, 0.4) is 0 Å². The molecule has 0 heterocycles. The van der Waals surface area contributed by atoms with Gasteiger partial charge in [0, 0.05) is 19.7 Å². The summed E-state index contributed by atoms with van der Waals surface area (Å²) in [4.78, 5) is 2.02. The van der Waals surface area contributed by atoms with Crippen molar-refractivity contribution in [2.75, 3.05) is 33.4 Å². The second-order valence-corrected chi connectivity index (χ2v) is 3.28. The molecule has 14 heavy (non-hydrogen) atoms. The van der Waals surface area contributed by atoms with E-state index in [0.717, 1.165) is 26.2 Å². The van der Waals surface area contributed by atoms with Crippen molar-refractivity contribution in [1.82, 2.24) is 4.90 Å². The lowest BCUT2D eigenvalue weighted by Crippen LogP contribution is -2.31. The molecule has 0 aliphatic rings. The molecule has 0 aromatic rings. The number of hydrogen-bond donors (Lipinski definition) is 1. The van der Waals surface area contributed by atoms with Crippen LogP contribution in [0.25, 0.3) is 0 Å². The second-order valence-electron chi connectivity index (χ2n) is 3.28. The van der Waals surface area contributed by atoms with E-state index in [1.54, 1.807) is 6.92 Å². The van der Waals surface area contributed by atoms with E-state index in [9.17, 15) is 5.11 Å². The summed E-state index contributed by atoms with van der Waals surface area (Å²) in [7, 11) is 1.95. The van der Waals surface area contributed by atoms with Crippen molar-refractivity contribution in [3.05, 3.63) is 0 Å². The van der Waals surface area contributed by atoms with Gasteiger partial charge >= 0.3 is 0 Å². The van der Waals surface area contributed by atoms with Crippen LogP contribution in [0.5, 0.6) is 0 Å². The topological polar surface area (TPSA) is 32.7 Å². The summed E-state index contributed by atoms with van der Waals surface area (Å²) in [6, 6.07) is 0. The molecule has 3 nitrogen and oxygen atoms in total. The third kappa shape index (κ3) is 8.06. The average Bonchev–Trinajstić information content (AvgIpc) is 2.13. The molecule has 0 spiro atoms. The quantitative estimate of drug-likeness (QED) is 0.484. The lowest BCUT2D eigenvalue weighted by molar-refractivity contribution is 0.0976. The minimum absolute atomic E-state index is 0.545. The van der Waals surface area contributed by atoms with E-state index in [4.69, 9.17) is 4.74 Å². The molecule has 1 unspecified atom stereocenters. The first-order chi connectivity index (χ1) is 6.70. The Hall–Kier alpha value is -0.560. The van der Waals surface area contributed by atoms with Crippen molar-refractivity contribution < 1.29 is 9.84 Å². The molecule has 0 aromatic heterocycles. The normalized spacial score (nSPS) is 12.4. The Morgan fingerprint density at radius 1 is 1.43 bits per heavy atom. The van der Waals surface area contributed by atoms with E-state index in [0.29, 0.717) is 6.54 Å². The van der Waals surface area contributed by atoms with Crippen LogP contribution in [0.4, 0.5) is 0 Å². The zero-order chi connectivity index (χ0) is 10.8. The van der Waals surface area contributed by atoms with Crippen molar-refractivity contribution in [3.8, 4) is 11.8 Å². The molecule has 82 valence electrons. The summed E-state index contributed by atoms with van der Waals surface area (Å²) < 4.78 is 5.34. The molecule has 1 atom stereocenters. The van der Waals surface area contributed by atoms with Gasteiger partial charge in [0.15, 0.2) is 0 Å². The van der Waals surface area contributed by atoms with Gasteiger partial charge in [0.05, 0.1) is 6.61 Å². The van der Waals surface area contributed by atoms with Crippen LogP contribution >= 0.6 is 0 Å². The molecule has 0 fully saturated rings. The fraction of sp³-hybridized carbons (Fsp3) is 0.818. The molecule has 1 N–H and O–H groups in total. The standard InChI is InChI=1S/C11H21NO2/c1-4-6-11(13)10-12(3)7-9-14-8-5-2/h11,13H,5,7-10H2,1-3H3. The third-order valence-corrected chi connectivity index (χ3v) is 1.76. The van der Waals surface area contributed by atoms with Crippen LogP contribution in [-0.4, -0.2) is 49.5 Å². The van der Waals surface area contributed by atoms with Crippen LogP contribution in [0.2, 0.25) is 0 Å². The van der Waals surface area contributed by atoms with Crippen molar-refractivity contribution in [3.63, 3.8) is 0 Å². The van der Waals surface area contributed by atoms with Crippen molar-refractivity contribution >= 4 is 0 Å². The van der Waals surface area contributed by atoms with Gasteiger partial charge in [-0.3, -0.25) is 0 Å². The molecule has 0 amide bonds. The van der Waals surface area contributed by atoms with Gasteiger partial charge in [-0.1, -0.05) is 12.8 Å². The van der Waals surface area contributed by atoms with E-state index in [1.807, 2.05) is 11.9 Å². The Kier molecular flexibility index (Phi) is 8.65. The largest absolute Gasteiger partial charge is 0.380 e. The lowest BCUT2D eigenvalue weighted by Gasteiger charge is -2.17.